The zero-order valence-corrected chi connectivity index (χ0v) is 8.06. The van der Waals surface area contributed by atoms with Crippen LogP contribution < -0.4 is 10.6 Å². The third kappa shape index (κ3) is 1.53. The molecule has 76 valence electrons. The minimum absolute atomic E-state index is 0.189. The fourth-order valence-electron chi connectivity index (χ4n) is 1.98. The normalized spacial score (nSPS) is 21.5. The van der Waals surface area contributed by atoms with Crippen molar-refractivity contribution in [3.63, 3.8) is 0 Å². The van der Waals surface area contributed by atoms with Crippen LogP contribution in [0.3, 0.4) is 0 Å². The molecule has 0 saturated carbocycles. The molecule has 2 heterocycles. The summed E-state index contributed by atoms with van der Waals surface area (Å²) in [4.78, 5) is 6.20. The van der Waals surface area contributed by atoms with Gasteiger partial charge < -0.3 is 15.7 Å². The highest BCUT2D eigenvalue weighted by molar-refractivity contribution is 5.66. The first kappa shape index (κ1) is 9.27. The molecule has 0 aromatic carbocycles. The average Bonchev–Trinajstić information content (AvgIpc) is 2.66. The highest BCUT2D eigenvalue weighted by atomic mass is 16.3. The summed E-state index contributed by atoms with van der Waals surface area (Å²) < 4.78 is 0. The van der Waals surface area contributed by atoms with E-state index in [9.17, 15) is 5.11 Å². The van der Waals surface area contributed by atoms with Gasteiger partial charge in [-0.05, 0) is 18.9 Å². The van der Waals surface area contributed by atoms with Crippen molar-refractivity contribution in [2.75, 3.05) is 23.8 Å². The molecule has 0 bridgehead atoms. The van der Waals surface area contributed by atoms with Gasteiger partial charge in [-0.15, -0.1) is 0 Å². The number of aromatic nitrogens is 1. The van der Waals surface area contributed by atoms with E-state index in [0.717, 1.165) is 30.8 Å². The van der Waals surface area contributed by atoms with Gasteiger partial charge in [0.15, 0.2) is 0 Å². The number of nitrogens with zero attached hydrogens (tertiary/aromatic N) is 2. The van der Waals surface area contributed by atoms with E-state index in [1.807, 2.05) is 0 Å². The van der Waals surface area contributed by atoms with Crippen molar-refractivity contribution in [1.29, 1.82) is 0 Å². The van der Waals surface area contributed by atoms with Gasteiger partial charge in [0.05, 0.1) is 30.2 Å². The quantitative estimate of drug-likeness (QED) is 0.723. The highest BCUT2D eigenvalue weighted by Gasteiger charge is 2.25. The zero-order valence-electron chi connectivity index (χ0n) is 8.06. The van der Waals surface area contributed by atoms with Crippen molar-refractivity contribution in [1.82, 2.24) is 4.98 Å². The second kappa shape index (κ2) is 3.84. The highest BCUT2D eigenvalue weighted by Crippen LogP contribution is 2.28. The second-order valence-electron chi connectivity index (χ2n) is 3.61. The van der Waals surface area contributed by atoms with Crippen LogP contribution in [0, 0.1) is 0 Å². The third-order valence-corrected chi connectivity index (χ3v) is 2.73. The minimum Gasteiger partial charge on any atom is -0.397 e. The summed E-state index contributed by atoms with van der Waals surface area (Å²) >= 11 is 0. The lowest BCUT2D eigenvalue weighted by Crippen LogP contribution is -2.32. The van der Waals surface area contributed by atoms with Crippen molar-refractivity contribution in [2.45, 2.75) is 18.9 Å². The molecule has 0 aliphatic carbocycles. The van der Waals surface area contributed by atoms with E-state index in [4.69, 9.17) is 5.73 Å². The molecular weight excluding hydrogens is 178 g/mol. The molecule has 1 aliphatic heterocycles. The Morgan fingerprint density at radius 1 is 1.64 bits per heavy atom. The minimum atomic E-state index is 0.189. The van der Waals surface area contributed by atoms with E-state index >= 15 is 0 Å². The monoisotopic (exact) mass is 193 g/mol. The smallest absolute Gasteiger partial charge is 0.0789 e. The van der Waals surface area contributed by atoms with Gasteiger partial charge in [-0.3, -0.25) is 4.98 Å². The Bertz CT molecular complexity index is 316. The number of pyridine rings is 1. The van der Waals surface area contributed by atoms with Gasteiger partial charge in [-0.1, -0.05) is 0 Å². The number of nitrogens with two attached hydrogens (primary N) is 1. The number of hydrogen-bond donors (Lipinski definition) is 2. The van der Waals surface area contributed by atoms with Crippen molar-refractivity contribution < 1.29 is 5.11 Å². The van der Waals surface area contributed by atoms with Gasteiger partial charge in [0.1, 0.15) is 0 Å². The molecule has 1 aromatic rings. The number of aliphatic hydroxyl groups is 1. The topological polar surface area (TPSA) is 62.4 Å². The summed E-state index contributed by atoms with van der Waals surface area (Å²) in [7, 11) is 0. The van der Waals surface area contributed by atoms with Gasteiger partial charge in [0.2, 0.25) is 0 Å². The molecule has 3 N–H and O–H groups in total. The fraction of sp³-hybridized carbons (Fsp3) is 0.500. The van der Waals surface area contributed by atoms with Gasteiger partial charge in [-0.2, -0.15) is 0 Å². The Kier molecular flexibility index (Phi) is 2.54. The van der Waals surface area contributed by atoms with Crippen LogP contribution in [0.25, 0.3) is 0 Å². The van der Waals surface area contributed by atoms with E-state index in [0.29, 0.717) is 0 Å². The van der Waals surface area contributed by atoms with Crippen LogP contribution in [-0.2, 0) is 0 Å². The van der Waals surface area contributed by atoms with E-state index < -0.39 is 0 Å². The van der Waals surface area contributed by atoms with Crippen LogP contribution in [0.15, 0.2) is 18.5 Å². The molecule has 1 fully saturated rings. The van der Waals surface area contributed by atoms with Gasteiger partial charge >= 0.3 is 0 Å². The maximum Gasteiger partial charge on any atom is 0.0789 e. The molecule has 1 unspecified atom stereocenters. The largest absolute Gasteiger partial charge is 0.397 e. The van der Waals surface area contributed by atoms with E-state index in [1.165, 1.54) is 0 Å². The third-order valence-electron chi connectivity index (χ3n) is 2.73. The molecule has 1 saturated heterocycles. The van der Waals surface area contributed by atoms with E-state index in [1.54, 1.807) is 18.5 Å². The van der Waals surface area contributed by atoms with Crippen molar-refractivity contribution in [2.24, 2.45) is 0 Å². The first-order valence-corrected chi connectivity index (χ1v) is 4.90. The molecule has 14 heavy (non-hydrogen) atoms. The molecule has 4 nitrogen and oxygen atoms in total. The fourth-order valence-corrected chi connectivity index (χ4v) is 1.98. The number of aliphatic hydroxyl groups excluding tert-OH is 1. The van der Waals surface area contributed by atoms with E-state index in [-0.39, 0.29) is 12.6 Å². The first-order valence-electron chi connectivity index (χ1n) is 4.90. The molecule has 0 spiro atoms. The Morgan fingerprint density at radius 2 is 2.50 bits per heavy atom. The Morgan fingerprint density at radius 3 is 3.21 bits per heavy atom. The van der Waals surface area contributed by atoms with Crippen LogP contribution in [-0.4, -0.2) is 29.3 Å². The zero-order chi connectivity index (χ0) is 9.97. The van der Waals surface area contributed by atoms with Gasteiger partial charge in [0.25, 0.3) is 0 Å². The van der Waals surface area contributed by atoms with Crippen molar-refractivity contribution in [3.8, 4) is 0 Å². The molecule has 0 radical (unpaired) electrons. The summed E-state index contributed by atoms with van der Waals surface area (Å²) in [5.74, 6) is 0. The van der Waals surface area contributed by atoms with Gasteiger partial charge in [0, 0.05) is 12.7 Å². The Balaban J connectivity index is 2.26. The number of rotatable bonds is 2. The first-order chi connectivity index (χ1) is 6.83. The lowest BCUT2D eigenvalue weighted by atomic mass is 10.2. The van der Waals surface area contributed by atoms with Crippen LogP contribution in [0.4, 0.5) is 11.4 Å². The second-order valence-corrected chi connectivity index (χ2v) is 3.61. The van der Waals surface area contributed by atoms with Crippen LogP contribution >= 0.6 is 0 Å². The molecule has 0 amide bonds. The van der Waals surface area contributed by atoms with Crippen LogP contribution in [0.1, 0.15) is 12.8 Å². The van der Waals surface area contributed by atoms with Gasteiger partial charge in [-0.25, -0.2) is 0 Å². The summed E-state index contributed by atoms with van der Waals surface area (Å²) in [6.45, 7) is 1.15. The molecule has 1 atom stereocenters. The number of anilines is 2. The maximum atomic E-state index is 9.19. The molecular formula is C10H15N3O. The van der Waals surface area contributed by atoms with Crippen molar-refractivity contribution in [3.05, 3.63) is 18.5 Å². The lowest BCUT2D eigenvalue weighted by Gasteiger charge is -2.25. The summed E-state index contributed by atoms with van der Waals surface area (Å²) in [6.07, 6.45) is 5.59. The number of hydrogen-bond acceptors (Lipinski definition) is 4. The molecule has 1 aromatic heterocycles. The predicted molar refractivity (Wildman–Crippen MR) is 56.1 cm³/mol. The predicted octanol–water partition coefficient (Wildman–Crippen LogP) is 0.625. The standard InChI is InChI=1S/C10H15N3O/c11-9-3-4-12-6-10(9)13-5-1-2-8(13)7-14/h3-4,6,8,14H,1-2,5,7H2,(H2,11,12). The molecule has 4 heteroatoms. The SMILES string of the molecule is Nc1ccncc1N1CCCC1CO. The number of nitrogen functional groups attached to an aromatic ring is 1. The molecule has 2 rings (SSSR count). The lowest BCUT2D eigenvalue weighted by molar-refractivity contribution is 0.266. The summed E-state index contributed by atoms with van der Waals surface area (Å²) in [5, 5.41) is 9.19. The van der Waals surface area contributed by atoms with E-state index in [2.05, 4.69) is 9.88 Å². The Hall–Kier alpha value is -1.29. The Labute approximate surface area is 83.4 Å². The van der Waals surface area contributed by atoms with Crippen molar-refractivity contribution >= 4 is 11.4 Å². The van der Waals surface area contributed by atoms with Crippen LogP contribution in [0.2, 0.25) is 0 Å². The summed E-state index contributed by atoms with van der Waals surface area (Å²) in [5.41, 5.74) is 7.54. The molecule has 1 aliphatic rings. The summed E-state index contributed by atoms with van der Waals surface area (Å²) in [6, 6.07) is 2.00. The maximum absolute atomic E-state index is 9.19. The van der Waals surface area contributed by atoms with Crippen LogP contribution in [0.5, 0.6) is 0 Å². The average molecular weight is 193 g/mol.